The standard InChI is InChI=1S/C9H13N2O/c1-4-8-5-6-10-9(11-8)7(2)12-3/h6-7H,4H2,1-3H3. The van der Waals surface area contributed by atoms with E-state index in [1.165, 1.54) is 0 Å². The second-order valence-electron chi connectivity index (χ2n) is 2.55. The molecule has 12 heavy (non-hydrogen) atoms. The van der Waals surface area contributed by atoms with Crippen molar-refractivity contribution in [1.82, 2.24) is 9.97 Å². The van der Waals surface area contributed by atoms with Gasteiger partial charge in [0.2, 0.25) is 0 Å². The molecule has 0 saturated carbocycles. The third-order valence-corrected chi connectivity index (χ3v) is 1.73. The molecule has 1 radical (unpaired) electrons. The highest BCUT2D eigenvalue weighted by atomic mass is 16.5. The second kappa shape index (κ2) is 4.16. The van der Waals surface area contributed by atoms with E-state index in [9.17, 15) is 0 Å². The zero-order chi connectivity index (χ0) is 8.97. The average molecular weight is 165 g/mol. The molecule has 3 nitrogen and oxygen atoms in total. The number of methoxy groups -OCH3 is 1. The summed E-state index contributed by atoms with van der Waals surface area (Å²) in [5, 5.41) is 0. The fourth-order valence-electron chi connectivity index (χ4n) is 0.855. The summed E-state index contributed by atoms with van der Waals surface area (Å²) in [5.41, 5.74) is 0.934. The van der Waals surface area contributed by atoms with Crippen LogP contribution in [0.5, 0.6) is 0 Å². The van der Waals surface area contributed by atoms with E-state index in [-0.39, 0.29) is 6.10 Å². The summed E-state index contributed by atoms with van der Waals surface area (Å²) >= 11 is 0. The molecule has 0 bridgehead atoms. The minimum Gasteiger partial charge on any atom is -0.374 e. The van der Waals surface area contributed by atoms with Crippen LogP contribution in [-0.2, 0) is 11.2 Å². The molecular weight excluding hydrogens is 152 g/mol. The highest BCUT2D eigenvalue weighted by molar-refractivity contribution is 5.01. The van der Waals surface area contributed by atoms with Crippen LogP contribution in [0.25, 0.3) is 0 Å². The Balaban J connectivity index is 2.86. The number of hydrogen-bond donors (Lipinski definition) is 0. The van der Waals surface area contributed by atoms with E-state index < -0.39 is 0 Å². The summed E-state index contributed by atoms with van der Waals surface area (Å²) < 4.78 is 5.10. The lowest BCUT2D eigenvalue weighted by Gasteiger charge is -2.07. The Kier molecular flexibility index (Phi) is 3.17. The first kappa shape index (κ1) is 9.13. The van der Waals surface area contributed by atoms with E-state index in [0.29, 0.717) is 0 Å². The molecule has 1 aromatic heterocycles. The molecule has 1 unspecified atom stereocenters. The molecule has 0 N–H and O–H groups in total. The van der Waals surface area contributed by atoms with E-state index >= 15 is 0 Å². The summed E-state index contributed by atoms with van der Waals surface area (Å²) in [6.07, 6.45) is 2.49. The molecule has 0 saturated heterocycles. The van der Waals surface area contributed by atoms with Crippen LogP contribution in [-0.4, -0.2) is 17.1 Å². The van der Waals surface area contributed by atoms with Crippen molar-refractivity contribution in [3.8, 4) is 0 Å². The van der Waals surface area contributed by atoms with Gasteiger partial charge in [-0.1, -0.05) is 6.92 Å². The predicted octanol–water partition coefficient (Wildman–Crippen LogP) is 1.55. The van der Waals surface area contributed by atoms with Gasteiger partial charge in [0, 0.05) is 19.4 Å². The SMILES string of the molecule is CCc1[c]cnc(C(C)OC)n1. The van der Waals surface area contributed by atoms with Crippen LogP contribution in [0.15, 0.2) is 6.20 Å². The van der Waals surface area contributed by atoms with Crippen molar-refractivity contribution in [2.24, 2.45) is 0 Å². The normalized spacial score (nSPS) is 12.9. The summed E-state index contributed by atoms with van der Waals surface area (Å²) in [7, 11) is 1.65. The van der Waals surface area contributed by atoms with Crippen molar-refractivity contribution in [2.45, 2.75) is 26.4 Å². The topological polar surface area (TPSA) is 35.0 Å². The van der Waals surface area contributed by atoms with Gasteiger partial charge in [-0.05, 0) is 13.3 Å². The lowest BCUT2D eigenvalue weighted by atomic mass is 10.3. The lowest BCUT2D eigenvalue weighted by Crippen LogP contribution is -2.04. The molecule has 0 aliphatic rings. The van der Waals surface area contributed by atoms with Gasteiger partial charge in [0.1, 0.15) is 6.10 Å². The van der Waals surface area contributed by atoms with Gasteiger partial charge >= 0.3 is 0 Å². The van der Waals surface area contributed by atoms with Crippen LogP contribution in [0.2, 0.25) is 0 Å². The molecule has 0 aliphatic heterocycles. The van der Waals surface area contributed by atoms with Gasteiger partial charge in [-0.3, -0.25) is 0 Å². The van der Waals surface area contributed by atoms with Gasteiger partial charge in [0.25, 0.3) is 0 Å². The molecule has 0 amide bonds. The summed E-state index contributed by atoms with van der Waals surface area (Å²) in [5.74, 6) is 0.730. The second-order valence-corrected chi connectivity index (χ2v) is 2.55. The number of nitrogens with zero attached hydrogens (tertiary/aromatic N) is 2. The van der Waals surface area contributed by atoms with E-state index in [0.717, 1.165) is 17.9 Å². The molecule has 65 valence electrons. The molecule has 3 heteroatoms. The minimum absolute atomic E-state index is 0.0371. The third kappa shape index (κ3) is 2.01. The van der Waals surface area contributed by atoms with Gasteiger partial charge in [0.05, 0.1) is 5.69 Å². The Labute approximate surface area is 72.8 Å². The van der Waals surface area contributed by atoms with Crippen LogP contribution in [0, 0.1) is 6.07 Å². The molecule has 0 aliphatic carbocycles. The first-order valence-corrected chi connectivity index (χ1v) is 4.04. The largest absolute Gasteiger partial charge is 0.374 e. The maximum atomic E-state index is 5.10. The molecule has 0 aromatic carbocycles. The van der Waals surface area contributed by atoms with Crippen molar-refractivity contribution >= 4 is 0 Å². The summed E-state index contributed by atoms with van der Waals surface area (Å²) in [4.78, 5) is 8.34. The van der Waals surface area contributed by atoms with Gasteiger partial charge in [-0.2, -0.15) is 0 Å². The van der Waals surface area contributed by atoms with Crippen LogP contribution in [0.4, 0.5) is 0 Å². The number of aryl methyl sites for hydroxylation is 1. The van der Waals surface area contributed by atoms with E-state index in [1.54, 1.807) is 13.3 Å². The molecule has 1 heterocycles. The first-order chi connectivity index (χ1) is 5.77. The Hall–Kier alpha value is -0.960. The molecule has 1 aromatic rings. The molecule has 1 atom stereocenters. The lowest BCUT2D eigenvalue weighted by molar-refractivity contribution is 0.112. The fraction of sp³-hybridized carbons (Fsp3) is 0.556. The zero-order valence-corrected chi connectivity index (χ0v) is 7.66. The van der Waals surface area contributed by atoms with Crippen molar-refractivity contribution < 1.29 is 4.74 Å². The third-order valence-electron chi connectivity index (χ3n) is 1.73. The van der Waals surface area contributed by atoms with Crippen molar-refractivity contribution in [1.29, 1.82) is 0 Å². The Morgan fingerprint density at radius 1 is 1.67 bits per heavy atom. The van der Waals surface area contributed by atoms with E-state index in [1.807, 2.05) is 13.8 Å². The first-order valence-electron chi connectivity index (χ1n) is 4.04. The number of aromatic nitrogens is 2. The van der Waals surface area contributed by atoms with Crippen LogP contribution in [0.3, 0.4) is 0 Å². The van der Waals surface area contributed by atoms with Crippen LogP contribution >= 0.6 is 0 Å². The highest BCUT2D eigenvalue weighted by Gasteiger charge is 2.06. The van der Waals surface area contributed by atoms with Gasteiger partial charge in [-0.15, -0.1) is 0 Å². The molecule has 0 fully saturated rings. The van der Waals surface area contributed by atoms with Gasteiger partial charge < -0.3 is 4.74 Å². The average Bonchev–Trinajstić information content (AvgIpc) is 2.17. The maximum absolute atomic E-state index is 5.10. The van der Waals surface area contributed by atoms with Crippen LogP contribution in [0.1, 0.15) is 31.5 Å². The van der Waals surface area contributed by atoms with Crippen molar-refractivity contribution in [2.75, 3.05) is 7.11 Å². The number of rotatable bonds is 3. The van der Waals surface area contributed by atoms with E-state index in [4.69, 9.17) is 4.74 Å². The summed E-state index contributed by atoms with van der Waals surface area (Å²) in [6.45, 7) is 3.97. The Morgan fingerprint density at radius 3 is 3.00 bits per heavy atom. The highest BCUT2D eigenvalue weighted by Crippen LogP contribution is 2.09. The van der Waals surface area contributed by atoms with Crippen molar-refractivity contribution in [3.63, 3.8) is 0 Å². The fourth-order valence-corrected chi connectivity index (χ4v) is 0.855. The van der Waals surface area contributed by atoms with E-state index in [2.05, 4.69) is 16.0 Å². The Morgan fingerprint density at radius 2 is 2.42 bits per heavy atom. The monoisotopic (exact) mass is 165 g/mol. The predicted molar refractivity (Wildman–Crippen MR) is 45.7 cm³/mol. The quantitative estimate of drug-likeness (QED) is 0.681. The molecule has 0 spiro atoms. The zero-order valence-electron chi connectivity index (χ0n) is 7.66. The van der Waals surface area contributed by atoms with Gasteiger partial charge in [-0.25, -0.2) is 9.97 Å². The van der Waals surface area contributed by atoms with Crippen molar-refractivity contribution in [3.05, 3.63) is 23.8 Å². The number of ether oxygens (including phenoxy) is 1. The Bertz CT molecular complexity index is 250. The number of hydrogen-bond acceptors (Lipinski definition) is 3. The smallest absolute Gasteiger partial charge is 0.157 e. The van der Waals surface area contributed by atoms with Gasteiger partial charge in [0.15, 0.2) is 5.82 Å². The maximum Gasteiger partial charge on any atom is 0.157 e. The molecular formula is C9H13N2O. The minimum atomic E-state index is -0.0371. The summed E-state index contributed by atoms with van der Waals surface area (Å²) in [6, 6.07) is 2.96. The molecule has 1 rings (SSSR count). The van der Waals surface area contributed by atoms with Crippen LogP contribution < -0.4 is 0 Å².